The van der Waals surface area contributed by atoms with Crippen molar-refractivity contribution in [1.29, 1.82) is 0 Å². The molecule has 2 heterocycles. The zero-order valence-electron chi connectivity index (χ0n) is 12.0. The molecule has 0 saturated carbocycles. The van der Waals surface area contributed by atoms with Gasteiger partial charge in [0.05, 0.1) is 0 Å². The van der Waals surface area contributed by atoms with Crippen LogP contribution in [0.15, 0.2) is 35.5 Å². The quantitative estimate of drug-likeness (QED) is 0.882. The number of amides is 1. The summed E-state index contributed by atoms with van der Waals surface area (Å²) >= 11 is 1.41. The molecule has 21 heavy (non-hydrogen) atoms. The van der Waals surface area contributed by atoms with Gasteiger partial charge in [-0.1, -0.05) is 42.1 Å². The van der Waals surface area contributed by atoms with Crippen molar-refractivity contribution in [2.45, 2.75) is 30.2 Å². The maximum Gasteiger partial charge on any atom is 0.240 e. The third-order valence-electron chi connectivity index (χ3n) is 3.54. The second-order valence-corrected chi connectivity index (χ2v) is 6.22. The van der Waals surface area contributed by atoms with E-state index in [1.165, 1.54) is 11.8 Å². The molecule has 1 atom stereocenters. The maximum atomic E-state index is 12.8. The van der Waals surface area contributed by atoms with Gasteiger partial charge in [-0.05, 0) is 25.3 Å². The summed E-state index contributed by atoms with van der Waals surface area (Å²) in [6, 6.07) is 9.87. The summed E-state index contributed by atoms with van der Waals surface area (Å²) < 4.78 is 0. The Kier molecular flexibility index (Phi) is 4.24. The molecule has 2 aromatic rings. The van der Waals surface area contributed by atoms with E-state index in [-0.39, 0.29) is 11.2 Å². The maximum absolute atomic E-state index is 12.8. The Balaban J connectivity index is 1.85. The number of hydrogen-bond donors (Lipinski definition) is 1. The highest BCUT2D eigenvalue weighted by Crippen LogP contribution is 2.35. The van der Waals surface area contributed by atoms with Crippen LogP contribution in [0.1, 0.15) is 29.5 Å². The molecular weight excluding hydrogens is 284 g/mol. The number of carbonyl (C=O) groups is 1. The van der Waals surface area contributed by atoms with Crippen molar-refractivity contribution in [3.8, 4) is 0 Å². The number of aryl methyl sites for hydroxylation is 1. The van der Waals surface area contributed by atoms with E-state index in [1.807, 2.05) is 42.2 Å². The van der Waals surface area contributed by atoms with Crippen LogP contribution >= 0.6 is 11.8 Å². The lowest BCUT2D eigenvalue weighted by Gasteiger charge is -2.22. The Morgan fingerprint density at radius 1 is 1.29 bits per heavy atom. The molecule has 1 fully saturated rings. The van der Waals surface area contributed by atoms with Crippen molar-refractivity contribution >= 4 is 17.7 Å². The van der Waals surface area contributed by atoms with Gasteiger partial charge in [-0.2, -0.15) is 0 Å². The summed E-state index contributed by atoms with van der Waals surface area (Å²) in [6.45, 7) is 3.57. The molecule has 1 N–H and O–H groups in total. The predicted molar refractivity (Wildman–Crippen MR) is 82.0 cm³/mol. The van der Waals surface area contributed by atoms with Crippen molar-refractivity contribution in [2.75, 3.05) is 13.1 Å². The summed E-state index contributed by atoms with van der Waals surface area (Å²) in [4.78, 5) is 19.1. The highest BCUT2D eigenvalue weighted by Gasteiger charge is 2.29. The molecular formula is C15H18N4OS. The largest absolute Gasteiger partial charge is 0.341 e. The van der Waals surface area contributed by atoms with E-state index in [1.54, 1.807) is 0 Å². The number of likely N-dealkylation sites (tertiary alicyclic amines) is 1. The van der Waals surface area contributed by atoms with Gasteiger partial charge in [0.1, 0.15) is 11.1 Å². The lowest BCUT2D eigenvalue weighted by molar-refractivity contribution is -0.129. The Labute approximate surface area is 128 Å². The molecule has 1 unspecified atom stereocenters. The average Bonchev–Trinajstić information content (AvgIpc) is 3.16. The summed E-state index contributed by atoms with van der Waals surface area (Å²) in [5.41, 5.74) is 1.00. The minimum absolute atomic E-state index is 0.158. The van der Waals surface area contributed by atoms with Crippen LogP contribution in [-0.4, -0.2) is 39.1 Å². The molecule has 0 aliphatic carbocycles. The molecule has 0 bridgehead atoms. The molecule has 1 aliphatic heterocycles. The van der Waals surface area contributed by atoms with Gasteiger partial charge < -0.3 is 4.90 Å². The minimum atomic E-state index is -0.278. The molecule has 1 aliphatic rings. The fourth-order valence-corrected chi connectivity index (χ4v) is 3.51. The summed E-state index contributed by atoms with van der Waals surface area (Å²) in [6.07, 6.45) is 2.19. The van der Waals surface area contributed by atoms with Gasteiger partial charge in [0.25, 0.3) is 0 Å². The number of H-pyrrole nitrogens is 1. The zero-order valence-corrected chi connectivity index (χ0v) is 12.8. The van der Waals surface area contributed by atoms with E-state index in [9.17, 15) is 4.79 Å². The van der Waals surface area contributed by atoms with Crippen molar-refractivity contribution < 1.29 is 4.79 Å². The van der Waals surface area contributed by atoms with E-state index < -0.39 is 0 Å². The molecule has 5 nitrogen and oxygen atoms in total. The van der Waals surface area contributed by atoms with Crippen molar-refractivity contribution in [3.05, 3.63) is 41.7 Å². The SMILES string of the molecule is Cc1nc(SC(C(=O)N2CCCC2)c2ccccc2)n[nH]1. The fourth-order valence-electron chi connectivity index (χ4n) is 2.47. The van der Waals surface area contributed by atoms with Crippen LogP contribution in [0.3, 0.4) is 0 Å². The molecule has 1 aromatic carbocycles. The summed E-state index contributed by atoms with van der Waals surface area (Å²) in [5.74, 6) is 0.920. The van der Waals surface area contributed by atoms with E-state index in [4.69, 9.17) is 0 Å². The number of nitrogens with one attached hydrogen (secondary N) is 1. The normalized spacial score (nSPS) is 16.1. The minimum Gasteiger partial charge on any atom is -0.341 e. The highest BCUT2D eigenvalue weighted by atomic mass is 32.2. The van der Waals surface area contributed by atoms with Crippen LogP contribution < -0.4 is 0 Å². The van der Waals surface area contributed by atoms with Gasteiger partial charge in [-0.15, -0.1) is 5.10 Å². The van der Waals surface area contributed by atoms with E-state index in [0.717, 1.165) is 37.3 Å². The molecule has 0 spiro atoms. The van der Waals surface area contributed by atoms with Crippen LogP contribution in [0.5, 0.6) is 0 Å². The Bertz CT molecular complexity index is 607. The number of nitrogens with zero attached hydrogens (tertiary/aromatic N) is 3. The first-order valence-corrected chi connectivity index (χ1v) is 8.01. The van der Waals surface area contributed by atoms with Gasteiger partial charge in [0.2, 0.25) is 11.1 Å². The number of aromatic nitrogens is 3. The van der Waals surface area contributed by atoms with Crippen molar-refractivity contribution in [3.63, 3.8) is 0 Å². The monoisotopic (exact) mass is 302 g/mol. The second-order valence-electron chi connectivity index (χ2n) is 5.14. The van der Waals surface area contributed by atoms with Gasteiger partial charge in [-0.3, -0.25) is 9.89 Å². The standard InChI is InChI=1S/C15H18N4OS/c1-11-16-15(18-17-11)21-13(12-7-3-2-4-8-12)14(20)19-9-5-6-10-19/h2-4,7-8,13H,5-6,9-10H2,1H3,(H,16,17,18). The molecule has 110 valence electrons. The average molecular weight is 302 g/mol. The number of rotatable bonds is 4. The van der Waals surface area contributed by atoms with E-state index >= 15 is 0 Å². The molecule has 1 saturated heterocycles. The van der Waals surface area contributed by atoms with Gasteiger partial charge in [0, 0.05) is 13.1 Å². The third kappa shape index (κ3) is 3.26. The van der Waals surface area contributed by atoms with Crippen LogP contribution in [0.4, 0.5) is 0 Å². The van der Waals surface area contributed by atoms with Gasteiger partial charge in [-0.25, -0.2) is 4.98 Å². The van der Waals surface area contributed by atoms with E-state index in [0.29, 0.717) is 5.16 Å². The zero-order chi connectivity index (χ0) is 14.7. The van der Waals surface area contributed by atoms with Crippen molar-refractivity contribution in [1.82, 2.24) is 20.1 Å². The Morgan fingerprint density at radius 3 is 2.62 bits per heavy atom. The van der Waals surface area contributed by atoms with Gasteiger partial charge in [0.15, 0.2) is 0 Å². The number of aromatic amines is 1. The smallest absolute Gasteiger partial charge is 0.240 e. The van der Waals surface area contributed by atoms with Crippen molar-refractivity contribution in [2.24, 2.45) is 0 Å². The van der Waals surface area contributed by atoms with Crippen LogP contribution in [0, 0.1) is 6.92 Å². The molecule has 1 amide bonds. The molecule has 0 radical (unpaired) electrons. The lowest BCUT2D eigenvalue weighted by atomic mass is 10.1. The Hall–Kier alpha value is -1.82. The molecule has 3 rings (SSSR count). The van der Waals surface area contributed by atoms with Crippen LogP contribution in [-0.2, 0) is 4.79 Å². The first-order valence-electron chi connectivity index (χ1n) is 7.13. The number of thioether (sulfide) groups is 1. The summed E-state index contributed by atoms with van der Waals surface area (Å²) in [7, 11) is 0. The van der Waals surface area contributed by atoms with Crippen LogP contribution in [0.25, 0.3) is 0 Å². The first kappa shape index (κ1) is 14.1. The number of hydrogen-bond acceptors (Lipinski definition) is 4. The molecule has 1 aromatic heterocycles. The van der Waals surface area contributed by atoms with Gasteiger partial charge >= 0.3 is 0 Å². The molecule has 6 heteroatoms. The number of benzene rings is 1. The summed E-state index contributed by atoms with van der Waals surface area (Å²) in [5, 5.41) is 7.31. The van der Waals surface area contributed by atoms with E-state index in [2.05, 4.69) is 15.2 Å². The van der Waals surface area contributed by atoms with Crippen LogP contribution in [0.2, 0.25) is 0 Å². The fraction of sp³-hybridized carbons (Fsp3) is 0.400. The third-order valence-corrected chi connectivity index (χ3v) is 4.65. The highest BCUT2D eigenvalue weighted by molar-refractivity contribution is 8.00. The lowest BCUT2D eigenvalue weighted by Crippen LogP contribution is -2.31. The predicted octanol–water partition coefficient (Wildman–Crippen LogP) is 2.57. The topological polar surface area (TPSA) is 61.9 Å². The first-order chi connectivity index (χ1) is 10.2. The Morgan fingerprint density at radius 2 is 2.00 bits per heavy atom. The number of carbonyl (C=O) groups excluding carboxylic acids is 1. The second kappa shape index (κ2) is 6.30.